The van der Waals surface area contributed by atoms with Gasteiger partial charge < -0.3 is 23.8 Å². The van der Waals surface area contributed by atoms with Gasteiger partial charge in [0, 0.05) is 19.3 Å². The highest BCUT2D eigenvalue weighted by atomic mass is 16.6. The third-order valence-electron chi connectivity index (χ3n) is 9.59. The molecule has 0 aliphatic rings. The fraction of sp³-hybridized carbons (Fsp3) is 0.694. The Hall–Kier alpha value is -3.23. The number of carbonyl (C=O) groups excluding carboxylic acids is 2. The number of rotatable bonds is 39. The van der Waals surface area contributed by atoms with Crippen LogP contribution >= 0.6 is 0 Å². The highest BCUT2D eigenvalue weighted by Crippen LogP contribution is 2.13. The summed E-state index contributed by atoms with van der Waals surface area (Å²) >= 11 is 0. The molecule has 326 valence electrons. The number of allylic oxidation sites excluding steroid dienone is 12. The second kappa shape index (κ2) is 39.6. The van der Waals surface area contributed by atoms with Gasteiger partial charge in [0.05, 0.1) is 34.4 Å². The number of carbonyl (C=O) groups is 3. The molecule has 0 aliphatic heterocycles. The van der Waals surface area contributed by atoms with E-state index in [9.17, 15) is 19.5 Å². The standard InChI is InChI=1S/C49H83NO7/c1-6-8-10-12-14-16-18-20-21-22-23-24-25-26-27-28-30-32-34-36-38-40-48(52)57-45(43-55-42-41-46(49(53)54)50(3,4)5)44-56-47(51)39-37-35-33-31-29-19-17-15-13-11-9-7-2/h9,11,14-17,20-21,23-24,26-27,45-46H,6-8,10,12-13,18-19,22,25,28-44H2,1-5H3/p+1/b11-9+,16-14+,17-15+,21-20+,24-23+,27-26+. The predicted octanol–water partition coefficient (Wildman–Crippen LogP) is 12.4. The SMILES string of the molecule is CC/C=C/C/C=C/CCCCCCCC(=O)OCC(COCCC(C(=O)O)[N+](C)(C)C)OC(=O)CCCCCCC/C=C/C/C=C/C/C=C/C/C=C/CCCCC. The summed E-state index contributed by atoms with van der Waals surface area (Å²) in [5.41, 5.74) is 0. The van der Waals surface area contributed by atoms with Crippen LogP contribution in [0.5, 0.6) is 0 Å². The molecule has 1 N–H and O–H groups in total. The van der Waals surface area contributed by atoms with Crippen LogP contribution in [-0.2, 0) is 28.6 Å². The van der Waals surface area contributed by atoms with E-state index in [4.69, 9.17) is 14.2 Å². The van der Waals surface area contributed by atoms with Gasteiger partial charge in [0.1, 0.15) is 6.61 Å². The van der Waals surface area contributed by atoms with Crippen LogP contribution in [0.1, 0.15) is 168 Å². The van der Waals surface area contributed by atoms with E-state index in [0.717, 1.165) is 109 Å². The summed E-state index contributed by atoms with van der Waals surface area (Å²) in [5, 5.41) is 9.62. The molecule has 0 aromatic heterocycles. The van der Waals surface area contributed by atoms with Crippen LogP contribution in [0.4, 0.5) is 0 Å². The largest absolute Gasteiger partial charge is 0.477 e. The fourth-order valence-corrected chi connectivity index (χ4v) is 6.11. The molecule has 0 aromatic carbocycles. The zero-order chi connectivity index (χ0) is 42.1. The Kier molecular flexibility index (Phi) is 37.3. The van der Waals surface area contributed by atoms with Crippen molar-refractivity contribution >= 4 is 17.9 Å². The van der Waals surface area contributed by atoms with E-state index < -0.39 is 18.1 Å². The zero-order valence-electron chi connectivity index (χ0n) is 37.0. The lowest BCUT2D eigenvalue weighted by Gasteiger charge is -2.31. The van der Waals surface area contributed by atoms with Gasteiger partial charge in [0.2, 0.25) is 0 Å². The molecule has 0 amide bonds. The minimum Gasteiger partial charge on any atom is -0.477 e. The van der Waals surface area contributed by atoms with E-state index in [-0.39, 0.29) is 36.2 Å². The van der Waals surface area contributed by atoms with Crippen LogP contribution in [0.15, 0.2) is 72.9 Å². The molecule has 2 unspecified atom stereocenters. The van der Waals surface area contributed by atoms with Crippen molar-refractivity contribution < 1.29 is 38.2 Å². The number of nitrogens with zero attached hydrogens (tertiary/aromatic N) is 1. The Morgan fingerprint density at radius 2 is 0.982 bits per heavy atom. The van der Waals surface area contributed by atoms with Crippen LogP contribution in [0.2, 0.25) is 0 Å². The van der Waals surface area contributed by atoms with Gasteiger partial charge in [0.25, 0.3) is 0 Å². The number of ether oxygens (including phenoxy) is 3. The summed E-state index contributed by atoms with van der Waals surface area (Å²) in [6.45, 7) is 4.55. The third-order valence-corrected chi connectivity index (χ3v) is 9.59. The van der Waals surface area contributed by atoms with Crippen molar-refractivity contribution in [3.8, 4) is 0 Å². The van der Waals surface area contributed by atoms with E-state index >= 15 is 0 Å². The van der Waals surface area contributed by atoms with Gasteiger partial charge in [-0.1, -0.05) is 138 Å². The summed E-state index contributed by atoms with van der Waals surface area (Å²) in [4.78, 5) is 37.0. The molecule has 0 fully saturated rings. The molecular weight excluding hydrogens is 715 g/mol. The van der Waals surface area contributed by atoms with Crippen LogP contribution < -0.4 is 0 Å². The maximum atomic E-state index is 12.7. The van der Waals surface area contributed by atoms with Crippen molar-refractivity contribution in [1.82, 2.24) is 0 Å². The van der Waals surface area contributed by atoms with E-state index in [1.54, 1.807) is 0 Å². The average molecular weight is 799 g/mol. The number of carboxylic acids is 1. The van der Waals surface area contributed by atoms with Crippen LogP contribution in [0, 0.1) is 0 Å². The van der Waals surface area contributed by atoms with Gasteiger partial charge >= 0.3 is 17.9 Å². The molecule has 0 bridgehead atoms. The Morgan fingerprint density at radius 3 is 1.46 bits per heavy atom. The summed E-state index contributed by atoms with van der Waals surface area (Å²) in [7, 11) is 5.51. The van der Waals surface area contributed by atoms with Crippen LogP contribution in [0.25, 0.3) is 0 Å². The van der Waals surface area contributed by atoms with Gasteiger partial charge in [-0.05, 0) is 83.5 Å². The highest BCUT2D eigenvalue weighted by molar-refractivity contribution is 5.72. The molecule has 0 heterocycles. The quantitative estimate of drug-likeness (QED) is 0.0286. The van der Waals surface area contributed by atoms with Gasteiger partial charge in [-0.25, -0.2) is 4.79 Å². The van der Waals surface area contributed by atoms with Gasteiger partial charge in [-0.15, -0.1) is 0 Å². The van der Waals surface area contributed by atoms with Crippen molar-refractivity contribution in [2.75, 3.05) is 41.0 Å². The van der Waals surface area contributed by atoms with Crippen molar-refractivity contribution in [2.24, 2.45) is 0 Å². The number of likely N-dealkylation sites (N-methyl/N-ethyl adjacent to an activating group) is 1. The molecule has 57 heavy (non-hydrogen) atoms. The summed E-state index contributed by atoms with van der Waals surface area (Å²) in [6, 6.07) is -0.623. The van der Waals surface area contributed by atoms with Crippen molar-refractivity contribution in [3.05, 3.63) is 72.9 Å². The van der Waals surface area contributed by atoms with Gasteiger partial charge in [0.15, 0.2) is 12.1 Å². The maximum absolute atomic E-state index is 12.7. The topological polar surface area (TPSA) is 99.1 Å². The molecular formula is C49H84NO7+. The first kappa shape index (κ1) is 53.8. The van der Waals surface area contributed by atoms with Crippen LogP contribution in [0.3, 0.4) is 0 Å². The van der Waals surface area contributed by atoms with Crippen LogP contribution in [-0.4, -0.2) is 80.6 Å². The average Bonchev–Trinajstić information content (AvgIpc) is 3.17. The second-order valence-electron chi connectivity index (χ2n) is 15.9. The first-order valence-electron chi connectivity index (χ1n) is 22.5. The lowest BCUT2D eigenvalue weighted by Crippen LogP contribution is -2.50. The smallest absolute Gasteiger partial charge is 0.362 e. The number of aliphatic carboxylic acids is 1. The molecule has 8 heteroatoms. The lowest BCUT2D eigenvalue weighted by molar-refractivity contribution is -0.887. The van der Waals surface area contributed by atoms with Crippen molar-refractivity contribution in [3.63, 3.8) is 0 Å². The summed E-state index contributed by atoms with van der Waals surface area (Å²) in [5.74, 6) is -1.52. The lowest BCUT2D eigenvalue weighted by atomic mass is 10.1. The van der Waals surface area contributed by atoms with E-state index in [1.807, 2.05) is 21.1 Å². The number of hydrogen-bond donors (Lipinski definition) is 1. The monoisotopic (exact) mass is 799 g/mol. The minimum atomic E-state index is -0.884. The normalized spacial score (nSPS) is 13.6. The molecule has 0 aromatic rings. The Balaban J connectivity index is 4.38. The first-order chi connectivity index (χ1) is 27.6. The molecule has 0 spiro atoms. The third kappa shape index (κ3) is 38.1. The Morgan fingerprint density at radius 1 is 0.544 bits per heavy atom. The van der Waals surface area contributed by atoms with Crippen molar-refractivity contribution in [1.29, 1.82) is 0 Å². The zero-order valence-corrected chi connectivity index (χ0v) is 37.0. The minimum absolute atomic E-state index is 0.0450. The first-order valence-corrected chi connectivity index (χ1v) is 22.5. The van der Waals surface area contributed by atoms with E-state index in [1.165, 1.54) is 25.7 Å². The molecule has 0 saturated heterocycles. The highest BCUT2D eigenvalue weighted by Gasteiger charge is 2.31. The molecule has 2 atom stereocenters. The maximum Gasteiger partial charge on any atom is 0.362 e. The summed E-state index contributed by atoms with van der Waals surface area (Å²) in [6.07, 6.45) is 49.4. The Labute approximate surface area is 349 Å². The summed E-state index contributed by atoms with van der Waals surface area (Å²) < 4.78 is 17.2. The molecule has 0 radical (unpaired) electrons. The number of carboxylic acid groups (broad SMARTS) is 1. The Bertz CT molecular complexity index is 1160. The van der Waals surface area contributed by atoms with E-state index in [0.29, 0.717) is 19.3 Å². The molecule has 0 aliphatic carbocycles. The van der Waals surface area contributed by atoms with Gasteiger partial charge in [-0.2, -0.15) is 0 Å². The van der Waals surface area contributed by atoms with E-state index in [2.05, 4.69) is 86.8 Å². The number of quaternary nitrogens is 1. The fourth-order valence-electron chi connectivity index (χ4n) is 6.11. The number of esters is 2. The molecule has 8 nitrogen and oxygen atoms in total. The second-order valence-corrected chi connectivity index (χ2v) is 15.9. The van der Waals surface area contributed by atoms with Gasteiger partial charge in [-0.3, -0.25) is 9.59 Å². The molecule has 0 saturated carbocycles. The molecule has 0 rings (SSSR count). The predicted molar refractivity (Wildman–Crippen MR) is 238 cm³/mol. The number of hydrogen-bond acceptors (Lipinski definition) is 6. The number of unbranched alkanes of at least 4 members (excludes halogenated alkanes) is 13. The van der Waals surface area contributed by atoms with Crippen molar-refractivity contribution in [2.45, 2.75) is 180 Å².